The van der Waals surface area contributed by atoms with Gasteiger partial charge in [-0.2, -0.15) is 0 Å². The van der Waals surface area contributed by atoms with Crippen molar-refractivity contribution in [3.8, 4) is 11.4 Å². The van der Waals surface area contributed by atoms with Crippen molar-refractivity contribution in [1.82, 2.24) is 10.1 Å². The number of hydrogen-bond acceptors (Lipinski definition) is 5. The Morgan fingerprint density at radius 2 is 1.83 bits per heavy atom. The summed E-state index contributed by atoms with van der Waals surface area (Å²) in [5.41, 5.74) is 2.89. The standard InChI is InChI=1S/C22H16ClN3O3S/c23-17-8-10-19(11-9-17)30-13-14-4-6-15(7-5-14)21(27)24-18-3-1-2-16(12-18)20-25-22(28)29-26-20/h1-12H,13H2,(H,24,27)(H,25,26,28). The van der Waals surface area contributed by atoms with Crippen LogP contribution in [-0.4, -0.2) is 16.0 Å². The SMILES string of the molecule is O=C(Nc1cccc(-c2noc(=O)[nH]2)c1)c1ccc(CSc2ccc(Cl)cc2)cc1. The molecule has 8 heteroatoms. The number of rotatable bonds is 6. The van der Waals surface area contributed by atoms with Crippen molar-refractivity contribution in [3.63, 3.8) is 0 Å². The minimum atomic E-state index is -0.631. The van der Waals surface area contributed by atoms with Crippen LogP contribution in [0.5, 0.6) is 0 Å². The molecule has 30 heavy (non-hydrogen) atoms. The number of carbonyl (C=O) groups excluding carboxylic acids is 1. The van der Waals surface area contributed by atoms with Crippen molar-refractivity contribution >= 4 is 35.0 Å². The Morgan fingerprint density at radius 3 is 2.53 bits per heavy atom. The monoisotopic (exact) mass is 437 g/mol. The molecule has 0 unspecified atom stereocenters. The van der Waals surface area contributed by atoms with E-state index in [1.807, 2.05) is 36.4 Å². The number of thioether (sulfide) groups is 1. The second-order valence-electron chi connectivity index (χ2n) is 6.42. The number of hydrogen-bond donors (Lipinski definition) is 2. The fraction of sp³-hybridized carbons (Fsp3) is 0.0455. The highest BCUT2D eigenvalue weighted by Gasteiger charge is 2.09. The number of aromatic amines is 1. The first kappa shape index (κ1) is 20.0. The largest absolute Gasteiger partial charge is 0.439 e. The van der Waals surface area contributed by atoms with E-state index in [9.17, 15) is 9.59 Å². The predicted molar refractivity (Wildman–Crippen MR) is 118 cm³/mol. The van der Waals surface area contributed by atoms with E-state index in [-0.39, 0.29) is 5.91 Å². The predicted octanol–water partition coefficient (Wildman–Crippen LogP) is 5.23. The number of H-pyrrole nitrogens is 1. The summed E-state index contributed by atoms with van der Waals surface area (Å²) in [6, 6.07) is 22.2. The molecular formula is C22H16ClN3O3S. The van der Waals surface area contributed by atoms with Crippen LogP contribution in [0, 0.1) is 0 Å². The number of aromatic nitrogens is 2. The minimum Gasteiger partial charge on any atom is -0.322 e. The van der Waals surface area contributed by atoms with Crippen molar-refractivity contribution < 1.29 is 9.32 Å². The van der Waals surface area contributed by atoms with Gasteiger partial charge in [-0.15, -0.1) is 11.8 Å². The fourth-order valence-corrected chi connectivity index (χ4v) is 3.73. The number of anilines is 1. The van der Waals surface area contributed by atoms with Crippen molar-refractivity contribution in [2.75, 3.05) is 5.32 Å². The molecule has 0 aliphatic rings. The summed E-state index contributed by atoms with van der Waals surface area (Å²) in [7, 11) is 0. The van der Waals surface area contributed by atoms with Crippen molar-refractivity contribution in [1.29, 1.82) is 0 Å². The summed E-state index contributed by atoms with van der Waals surface area (Å²) in [4.78, 5) is 27.3. The molecule has 0 aliphatic heterocycles. The van der Waals surface area contributed by atoms with E-state index in [0.29, 0.717) is 22.6 Å². The van der Waals surface area contributed by atoms with Crippen LogP contribution in [0.25, 0.3) is 11.4 Å². The van der Waals surface area contributed by atoms with E-state index in [4.69, 9.17) is 11.6 Å². The Balaban J connectivity index is 1.39. The molecule has 0 bridgehead atoms. The maximum atomic E-state index is 12.6. The van der Waals surface area contributed by atoms with Crippen LogP contribution in [0.2, 0.25) is 5.02 Å². The van der Waals surface area contributed by atoms with Gasteiger partial charge in [-0.05, 0) is 54.1 Å². The number of benzene rings is 3. The Bertz CT molecular complexity index is 1220. The normalized spacial score (nSPS) is 10.7. The zero-order valence-electron chi connectivity index (χ0n) is 15.6. The fourth-order valence-electron chi connectivity index (χ4n) is 2.75. The molecule has 3 aromatic carbocycles. The van der Waals surface area contributed by atoms with Gasteiger partial charge in [0.15, 0.2) is 5.82 Å². The highest BCUT2D eigenvalue weighted by Crippen LogP contribution is 2.24. The topological polar surface area (TPSA) is 88.0 Å². The molecule has 4 aromatic rings. The maximum Gasteiger partial charge on any atom is 0.439 e. The highest BCUT2D eigenvalue weighted by molar-refractivity contribution is 7.98. The highest BCUT2D eigenvalue weighted by atomic mass is 35.5. The number of nitrogens with one attached hydrogen (secondary N) is 2. The van der Waals surface area contributed by atoms with Crippen LogP contribution in [0.4, 0.5) is 5.69 Å². The van der Waals surface area contributed by atoms with Gasteiger partial charge in [-0.3, -0.25) is 14.3 Å². The van der Waals surface area contributed by atoms with E-state index < -0.39 is 5.76 Å². The van der Waals surface area contributed by atoms with Crippen LogP contribution in [0.3, 0.4) is 0 Å². The van der Waals surface area contributed by atoms with Gasteiger partial charge in [0.1, 0.15) is 0 Å². The Morgan fingerprint density at radius 1 is 1.07 bits per heavy atom. The number of nitrogens with zero attached hydrogens (tertiary/aromatic N) is 1. The summed E-state index contributed by atoms with van der Waals surface area (Å²) < 4.78 is 4.52. The molecule has 4 rings (SSSR count). The molecule has 0 aliphatic carbocycles. The lowest BCUT2D eigenvalue weighted by Crippen LogP contribution is -2.11. The van der Waals surface area contributed by atoms with Gasteiger partial charge in [0.25, 0.3) is 5.91 Å². The summed E-state index contributed by atoms with van der Waals surface area (Å²) in [6.07, 6.45) is 0. The zero-order chi connectivity index (χ0) is 20.9. The first-order valence-corrected chi connectivity index (χ1v) is 10.4. The van der Waals surface area contributed by atoms with E-state index in [1.165, 1.54) is 0 Å². The summed E-state index contributed by atoms with van der Waals surface area (Å²) in [5.74, 6) is 0.242. The Hall–Kier alpha value is -3.29. The van der Waals surface area contributed by atoms with Crippen molar-refractivity contribution in [2.24, 2.45) is 0 Å². The Kier molecular flexibility index (Phi) is 6.02. The van der Waals surface area contributed by atoms with Gasteiger partial charge in [-0.25, -0.2) is 4.79 Å². The third-order valence-corrected chi connectivity index (χ3v) is 5.60. The first-order valence-electron chi connectivity index (χ1n) is 9.02. The molecule has 0 fully saturated rings. The average molecular weight is 438 g/mol. The summed E-state index contributed by atoms with van der Waals surface area (Å²) in [5, 5.41) is 7.22. The van der Waals surface area contributed by atoms with E-state index in [0.717, 1.165) is 21.2 Å². The summed E-state index contributed by atoms with van der Waals surface area (Å²) >= 11 is 7.61. The smallest absolute Gasteiger partial charge is 0.322 e. The second kappa shape index (κ2) is 9.02. The van der Waals surface area contributed by atoms with Gasteiger partial charge in [0.05, 0.1) is 0 Å². The second-order valence-corrected chi connectivity index (χ2v) is 7.90. The quantitative estimate of drug-likeness (QED) is 0.403. The summed E-state index contributed by atoms with van der Waals surface area (Å²) in [6.45, 7) is 0. The molecule has 0 spiro atoms. The van der Waals surface area contributed by atoms with Crippen LogP contribution < -0.4 is 11.1 Å². The lowest BCUT2D eigenvalue weighted by Gasteiger charge is -2.07. The molecule has 1 aromatic heterocycles. The van der Waals surface area contributed by atoms with Crippen molar-refractivity contribution in [2.45, 2.75) is 10.6 Å². The molecule has 0 radical (unpaired) electrons. The van der Waals surface area contributed by atoms with E-state index >= 15 is 0 Å². The first-order chi connectivity index (χ1) is 14.6. The maximum absolute atomic E-state index is 12.6. The zero-order valence-corrected chi connectivity index (χ0v) is 17.2. The van der Waals surface area contributed by atoms with Gasteiger partial charge in [-0.1, -0.05) is 41.0 Å². The number of carbonyl (C=O) groups is 1. The average Bonchev–Trinajstić information content (AvgIpc) is 3.20. The number of halogens is 1. The molecular weight excluding hydrogens is 422 g/mol. The van der Waals surface area contributed by atoms with Gasteiger partial charge in [0, 0.05) is 32.5 Å². The molecule has 0 saturated heterocycles. The van der Waals surface area contributed by atoms with Crippen LogP contribution in [0.1, 0.15) is 15.9 Å². The van der Waals surface area contributed by atoms with E-state index in [2.05, 4.69) is 20.0 Å². The molecule has 1 amide bonds. The lowest BCUT2D eigenvalue weighted by molar-refractivity contribution is 0.102. The third-order valence-electron chi connectivity index (χ3n) is 4.27. The Labute approximate surface area is 181 Å². The molecule has 150 valence electrons. The number of amides is 1. The van der Waals surface area contributed by atoms with Crippen LogP contribution in [0.15, 0.2) is 87.0 Å². The van der Waals surface area contributed by atoms with Crippen LogP contribution >= 0.6 is 23.4 Å². The third kappa shape index (κ3) is 5.00. The van der Waals surface area contributed by atoms with Gasteiger partial charge in [0.2, 0.25) is 0 Å². The lowest BCUT2D eigenvalue weighted by atomic mass is 10.1. The van der Waals surface area contributed by atoms with E-state index in [1.54, 1.807) is 48.2 Å². The molecule has 6 nitrogen and oxygen atoms in total. The van der Waals surface area contributed by atoms with Crippen LogP contribution in [-0.2, 0) is 5.75 Å². The molecule has 0 saturated carbocycles. The minimum absolute atomic E-state index is 0.224. The van der Waals surface area contributed by atoms with Gasteiger partial charge >= 0.3 is 5.76 Å². The van der Waals surface area contributed by atoms with Crippen molar-refractivity contribution in [3.05, 3.63) is 99.5 Å². The molecule has 2 N–H and O–H groups in total. The molecule has 0 atom stereocenters. The van der Waals surface area contributed by atoms with Gasteiger partial charge < -0.3 is 5.32 Å². The molecule has 1 heterocycles.